The first-order valence-electron chi connectivity index (χ1n) is 10.2. The van der Waals surface area contributed by atoms with Gasteiger partial charge in [0, 0.05) is 18.3 Å². The molecule has 0 bridgehead atoms. The fraction of sp³-hybridized carbons (Fsp3) is 0.192. The summed E-state index contributed by atoms with van der Waals surface area (Å²) in [6, 6.07) is 24.5. The maximum Gasteiger partial charge on any atom is 0.126 e. The molecule has 0 saturated carbocycles. The van der Waals surface area contributed by atoms with E-state index in [0.717, 1.165) is 34.0 Å². The first-order valence-corrected chi connectivity index (χ1v) is 10.2. The van der Waals surface area contributed by atoms with E-state index in [1.807, 2.05) is 30.3 Å². The summed E-state index contributed by atoms with van der Waals surface area (Å²) in [6.07, 6.45) is 1.79. The van der Waals surface area contributed by atoms with Crippen LogP contribution < -0.4 is 14.8 Å². The third kappa shape index (κ3) is 4.54. The van der Waals surface area contributed by atoms with E-state index in [0.29, 0.717) is 19.8 Å². The molecular weight excluding hydrogens is 372 g/mol. The number of ether oxygens (including phenoxy) is 2. The molecule has 1 heterocycles. The monoisotopic (exact) mass is 398 g/mol. The van der Waals surface area contributed by atoms with E-state index in [-0.39, 0.29) is 0 Å². The Kier molecular flexibility index (Phi) is 6.14. The van der Waals surface area contributed by atoms with Gasteiger partial charge in [0.05, 0.1) is 0 Å². The van der Waals surface area contributed by atoms with Crippen LogP contribution in [0.25, 0.3) is 10.8 Å². The Morgan fingerprint density at radius 2 is 1.53 bits per heavy atom. The zero-order chi connectivity index (χ0) is 20.8. The number of fused-ring (bicyclic) bond motifs is 1. The molecule has 0 unspecified atom stereocenters. The molecule has 30 heavy (non-hydrogen) atoms. The van der Waals surface area contributed by atoms with E-state index < -0.39 is 0 Å². The van der Waals surface area contributed by atoms with Gasteiger partial charge >= 0.3 is 0 Å². The number of hydrogen-bond donors (Lipinski definition) is 1. The summed E-state index contributed by atoms with van der Waals surface area (Å²) in [7, 11) is 0. The number of nitrogens with zero attached hydrogens (tertiary/aromatic N) is 1. The number of rotatable bonds is 8. The lowest BCUT2D eigenvalue weighted by molar-refractivity contribution is 0.214. The Hall–Kier alpha value is -3.53. The molecule has 0 aliphatic heterocycles. The van der Waals surface area contributed by atoms with Gasteiger partial charge < -0.3 is 14.8 Å². The van der Waals surface area contributed by atoms with Crippen LogP contribution in [-0.2, 0) is 6.54 Å². The van der Waals surface area contributed by atoms with Crippen LogP contribution in [0.15, 0.2) is 79.0 Å². The predicted molar refractivity (Wildman–Crippen MR) is 122 cm³/mol. The van der Waals surface area contributed by atoms with Crippen LogP contribution in [0, 0.1) is 13.8 Å². The van der Waals surface area contributed by atoms with E-state index in [4.69, 9.17) is 9.47 Å². The number of para-hydroxylation sites is 1. The summed E-state index contributed by atoms with van der Waals surface area (Å²) in [4.78, 5) is 4.36. The molecule has 0 aliphatic rings. The minimum Gasteiger partial charge on any atom is -0.490 e. The molecular formula is C26H26N2O2. The predicted octanol–water partition coefficient (Wildman–Crippen LogP) is 5.92. The van der Waals surface area contributed by atoms with Crippen molar-refractivity contribution in [3.8, 4) is 11.5 Å². The molecule has 4 heteroatoms. The van der Waals surface area contributed by atoms with Crippen LogP contribution in [0.5, 0.6) is 11.5 Å². The smallest absolute Gasteiger partial charge is 0.126 e. The topological polar surface area (TPSA) is 43.4 Å². The Morgan fingerprint density at radius 1 is 0.767 bits per heavy atom. The number of pyridine rings is 1. The van der Waals surface area contributed by atoms with Crippen LogP contribution >= 0.6 is 0 Å². The zero-order valence-electron chi connectivity index (χ0n) is 17.4. The molecule has 0 aliphatic carbocycles. The highest BCUT2D eigenvalue weighted by Crippen LogP contribution is 2.29. The molecule has 0 amide bonds. The van der Waals surface area contributed by atoms with Gasteiger partial charge in [-0.05, 0) is 53.9 Å². The lowest BCUT2D eigenvalue weighted by Gasteiger charge is -2.16. The molecule has 3 aromatic carbocycles. The number of benzene rings is 3. The van der Waals surface area contributed by atoms with E-state index >= 15 is 0 Å². The Bertz CT molecular complexity index is 1110. The van der Waals surface area contributed by atoms with Crippen LogP contribution in [0.3, 0.4) is 0 Å². The highest BCUT2D eigenvalue weighted by Gasteiger charge is 2.10. The molecule has 0 radical (unpaired) electrons. The van der Waals surface area contributed by atoms with Crippen LogP contribution in [0.4, 0.5) is 5.82 Å². The molecule has 1 aromatic heterocycles. The highest BCUT2D eigenvalue weighted by molar-refractivity contribution is 5.88. The molecule has 0 atom stereocenters. The van der Waals surface area contributed by atoms with Gasteiger partial charge in [0.2, 0.25) is 0 Å². The first kappa shape index (κ1) is 19.8. The maximum atomic E-state index is 6.15. The summed E-state index contributed by atoms with van der Waals surface area (Å²) < 4.78 is 12.1. The Morgan fingerprint density at radius 3 is 2.33 bits per heavy atom. The maximum absolute atomic E-state index is 6.15. The Balaban J connectivity index is 1.48. The largest absolute Gasteiger partial charge is 0.490 e. The van der Waals surface area contributed by atoms with Gasteiger partial charge in [-0.2, -0.15) is 0 Å². The van der Waals surface area contributed by atoms with Crippen LogP contribution in [0.1, 0.15) is 16.7 Å². The minimum atomic E-state index is 0.475. The minimum absolute atomic E-state index is 0.475. The standard InChI is InChI=1S/C26H26N2O2/c1-19-8-7-9-20(2)26(19)30-17-16-29-24-14-13-21-10-3-4-11-22(21)23(24)18-28-25-12-5-6-15-27-25/h3-15H,16-18H2,1-2H3,(H,27,28). The van der Waals surface area contributed by atoms with E-state index in [1.165, 1.54) is 10.8 Å². The van der Waals surface area contributed by atoms with Gasteiger partial charge in [-0.25, -0.2) is 4.98 Å². The van der Waals surface area contributed by atoms with Crippen molar-refractivity contribution < 1.29 is 9.47 Å². The van der Waals surface area contributed by atoms with Crippen molar-refractivity contribution in [3.05, 3.63) is 95.7 Å². The second-order valence-corrected chi connectivity index (χ2v) is 7.25. The number of aryl methyl sites for hydroxylation is 2. The quantitative estimate of drug-likeness (QED) is 0.374. The van der Waals surface area contributed by atoms with Crippen LogP contribution in [0.2, 0.25) is 0 Å². The first-order chi connectivity index (χ1) is 14.7. The number of anilines is 1. The molecule has 4 rings (SSSR count). The molecule has 4 nitrogen and oxygen atoms in total. The van der Waals surface area contributed by atoms with Crippen molar-refractivity contribution in [3.63, 3.8) is 0 Å². The summed E-state index contributed by atoms with van der Waals surface area (Å²) in [6.45, 7) is 5.72. The third-order valence-electron chi connectivity index (χ3n) is 5.10. The normalized spacial score (nSPS) is 10.7. The lowest BCUT2D eigenvalue weighted by atomic mass is 10.0. The summed E-state index contributed by atoms with van der Waals surface area (Å²) >= 11 is 0. The molecule has 4 aromatic rings. The van der Waals surface area contributed by atoms with Crippen LogP contribution in [-0.4, -0.2) is 18.2 Å². The summed E-state index contributed by atoms with van der Waals surface area (Å²) in [5.41, 5.74) is 3.40. The van der Waals surface area contributed by atoms with Gasteiger partial charge in [0.25, 0.3) is 0 Å². The molecule has 0 saturated heterocycles. The van der Waals surface area contributed by atoms with Gasteiger partial charge in [-0.3, -0.25) is 0 Å². The van der Waals surface area contributed by atoms with Gasteiger partial charge in [0.15, 0.2) is 0 Å². The van der Waals surface area contributed by atoms with Crippen molar-refractivity contribution >= 4 is 16.6 Å². The number of nitrogens with one attached hydrogen (secondary N) is 1. The van der Waals surface area contributed by atoms with Crippen molar-refractivity contribution in [1.29, 1.82) is 0 Å². The second-order valence-electron chi connectivity index (χ2n) is 7.25. The van der Waals surface area contributed by atoms with Gasteiger partial charge in [-0.15, -0.1) is 0 Å². The van der Waals surface area contributed by atoms with Crippen molar-refractivity contribution in [1.82, 2.24) is 4.98 Å². The van der Waals surface area contributed by atoms with Crippen molar-refractivity contribution in [2.75, 3.05) is 18.5 Å². The van der Waals surface area contributed by atoms with E-state index in [1.54, 1.807) is 6.20 Å². The van der Waals surface area contributed by atoms with Crippen molar-refractivity contribution in [2.24, 2.45) is 0 Å². The highest BCUT2D eigenvalue weighted by atomic mass is 16.5. The average molecular weight is 399 g/mol. The molecule has 0 fully saturated rings. The fourth-order valence-electron chi connectivity index (χ4n) is 3.60. The van der Waals surface area contributed by atoms with E-state index in [2.05, 4.69) is 66.6 Å². The summed E-state index contributed by atoms with van der Waals surface area (Å²) in [5, 5.41) is 5.77. The molecule has 0 spiro atoms. The average Bonchev–Trinajstić information content (AvgIpc) is 2.78. The second kappa shape index (κ2) is 9.31. The lowest BCUT2D eigenvalue weighted by Crippen LogP contribution is -2.12. The van der Waals surface area contributed by atoms with E-state index in [9.17, 15) is 0 Å². The summed E-state index contributed by atoms with van der Waals surface area (Å²) in [5.74, 6) is 2.65. The fourth-order valence-corrected chi connectivity index (χ4v) is 3.60. The van der Waals surface area contributed by atoms with Gasteiger partial charge in [-0.1, -0.05) is 54.6 Å². The molecule has 152 valence electrons. The zero-order valence-corrected chi connectivity index (χ0v) is 17.4. The molecule has 1 N–H and O–H groups in total. The Labute approximate surface area is 177 Å². The SMILES string of the molecule is Cc1cccc(C)c1OCCOc1ccc2ccccc2c1CNc1ccccn1. The van der Waals surface area contributed by atoms with Gasteiger partial charge in [0.1, 0.15) is 30.5 Å². The number of hydrogen-bond acceptors (Lipinski definition) is 4. The third-order valence-corrected chi connectivity index (χ3v) is 5.10. The number of aromatic nitrogens is 1. The van der Waals surface area contributed by atoms with Crippen molar-refractivity contribution in [2.45, 2.75) is 20.4 Å².